The van der Waals surface area contributed by atoms with Crippen LogP contribution in [-0.4, -0.2) is 32.4 Å². The first kappa shape index (κ1) is 23.6. The molecule has 1 aliphatic rings. The van der Waals surface area contributed by atoms with Crippen molar-refractivity contribution in [1.29, 1.82) is 5.41 Å². The lowest BCUT2D eigenvalue weighted by Gasteiger charge is -2.12. The molecule has 4 rings (SSSR count). The highest BCUT2D eigenvalue weighted by molar-refractivity contribution is 6.09. The molecule has 2 heterocycles. The smallest absolute Gasteiger partial charge is 0.250 e. The third-order valence-electron chi connectivity index (χ3n) is 6.36. The quantitative estimate of drug-likeness (QED) is 0.322. The average molecular weight is 458 g/mol. The lowest BCUT2D eigenvalue weighted by atomic mass is 10.0. The lowest BCUT2D eigenvalue weighted by Crippen LogP contribution is -2.19. The molecule has 0 unspecified atom stereocenters. The maximum atomic E-state index is 12.3. The molecule has 3 aromatic rings. The Labute approximate surface area is 199 Å². The van der Waals surface area contributed by atoms with Crippen LogP contribution in [0.15, 0.2) is 65.9 Å². The largest absolute Gasteiger partial charge is 0.506 e. The van der Waals surface area contributed by atoms with E-state index in [4.69, 9.17) is 5.41 Å². The third-order valence-corrected chi connectivity index (χ3v) is 6.36. The van der Waals surface area contributed by atoms with Gasteiger partial charge < -0.3 is 20.4 Å². The molecule has 0 spiro atoms. The van der Waals surface area contributed by atoms with E-state index in [1.165, 1.54) is 38.0 Å². The van der Waals surface area contributed by atoms with Crippen molar-refractivity contribution in [1.82, 2.24) is 19.9 Å². The summed E-state index contributed by atoms with van der Waals surface area (Å²) in [4.78, 5) is 21.1. The first-order chi connectivity index (χ1) is 16.5. The van der Waals surface area contributed by atoms with Gasteiger partial charge in [0.1, 0.15) is 11.5 Å². The lowest BCUT2D eigenvalue weighted by molar-refractivity contribution is 0.453. The Bertz CT molecular complexity index is 1220. The van der Waals surface area contributed by atoms with E-state index in [0.717, 1.165) is 24.1 Å². The van der Waals surface area contributed by atoms with Crippen molar-refractivity contribution in [2.75, 3.05) is 7.05 Å². The van der Waals surface area contributed by atoms with Crippen molar-refractivity contribution in [3.05, 3.63) is 88.2 Å². The molecule has 1 saturated carbocycles. The number of aliphatic hydroxyl groups is 1. The van der Waals surface area contributed by atoms with E-state index in [0.29, 0.717) is 23.7 Å². The van der Waals surface area contributed by atoms with Crippen LogP contribution in [0.1, 0.15) is 48.9 Å². The number of rotatable bonds is 9. The van der Waals surface area contributed by atoms with Crippen LogP contribution >= 0.6 is 0 Å². The van der Waals surface area contributed by atoms with E-state index in [-0.39, 0.29) is 22.7 Å². The fourth-order valence-electron chi connectivity index (χ4n) is 4.41. The molecule has 7 nitrogen and oxygen atoms in total. The van der Waals surface area contributed by atoms with Crippen LogP contribution in [0.5, 0.6) is 0 Å². The molecular weight excluding hydrogens is 426 g/mol. The number of aryl methyl sites for hydroxylation is 1. The number of nitrogens with zero attached hydrogens (tertiary/aromatic N) is 3. The summed E-state index contributed by atoms with van der Waals surface area (Å²) >= 11 is 0. The summed E-state index contributed by atoms with van der Waals surface area (Å²) in [5, 5.41) is 22.0. The number of pyridine rings is 1. The second-order valence-electron chi connectivity index (χ2n) is 8.85. The van der Waals surface area contributed by atoms with Crippen molar-refractivity contribution in [2.24, 2.45) is 5.92 Å². The average Bonchev–Trinajstić information content (AvgIpc) is 3.38. The zero-order valence-electron chi connectivity index (χ0n) is 19.5. The standard InChI is InChI=1S/C27H31N5O2/c1-29-15-20-6-8-21(9-7-20)23(28)14-26(33)25-17-30-16-24(31-25)22-10-11-27(34)32(18-22)13-12-19-4-2-3-5-19/h6-11,14,16-19,28-29,33H,2-5,12-13,15H2,1H3/b26-14-,28-23?. The van der Waals surface area contributed by atoms with Gasteiger partial charge in [-0.2, -0.15) is 0 Å². The van der Waals surface area contributed by atoms with Gasteiger partial charge in [-0.15, -0.1) is 0 Å². The van der Waals surface area contributed by atoms with Crippen molar-refractivity contribution in [3.8, 4) is 11.3 Å². The second-order valence-corrected chi connectivity index (χ2v) is 8.85. The monoisotopic (exact) mass is 457 g/mol. The Morgan fingerprint density at radius 2 is 1.94 bits per heavy atom. The summed E-state index contributed by atoms with van der Waals surface area (Å²) in [7, 11) is 1.89. The Kier molecular flexibility index (Phi) is 7.65. The van der Waals surface area contributed by atoms with Crippen LogP contribution in [0.2, 0.25) is 0 Å². The molecule has 1 fully saturated rings. The first-order valence-electron chi connectivity index (χ1n) is 11.8. The molecule has 0 saturated heterocycles. The fourth-order valence-corrected chi connectivity index (χ4v) is 4.41. The first-order valence-corrected chi connectivity index (χ1v) is 11.8. The van der Waals surface area contributed by atoms with Gasteiger partial charge in [-0.1, -0.05) is 49.9 Å². The molecule has 0 atom stereocenters. The van der Waals surface area contributed by atoms with Crippen LogP contribution < -0.4 is 10.9 Å². The zero-order valence-corrected chi connectivity index (χ0v) is 19.5. The van der Waals surface area contributed by atoms with E-state index in [1.807, 2.05) is 37.5 Å². The van der Waals surface area contributed by atoms with Crippen LogP contribution in [0.3, 0.4) is 0 Å². The van der Waals surface area contributed by atoms with Crippen molar-refractivity contribution in [2.45, 2.75) is 45.2 Å². The molecule has 0 amide bonds. The molecule has 1 aliphatic carbocycles. The zero-order chi connectivity index (χ0) is 23.9. The van der Waals surface area contributed by atoms with Gasteiger partial charge in [0.05, 0.1) is 23.8 Å². The fraction of sp³-hybridized carbons (Fsp3) is 0.333. The molecule has 0 bridgehead atoms. The topological polar surface area (TPSA) is 104 Å². The maximum absolute atomic E-state index is 12.3. The summed E-state index contributed by atoms with van der Waals surface area (Å²) in [6, 6.07) is 10.9. The predicted molar refractivity (Wildman–Crippen MR) is 135 cm³/mol. The summed E-state index contributed by atoms with van der Waals surface area (Å²) in [6.45, 7) is 1.45. The highest BCUT2D eigenvalue weighted by Gasteiger charge is 2.15. The molecule has 0 radical (unpaired) electrons. The molecule has 3 N–H and O–H groups in total. The predicted octanol–water partition coefficient (Wildman–Crippen LogP) is 4.57. The minimum Gasteiger partial charge on any atom is -0.506 e. The van der Waals surface area contributed by atoms with Crippen LogP contribution in [0.25, 0.3) is 17.0 Å². The van der Waals surface area contributed by atoms with Gasteiger partial charge in [-0.3, -0.25) is 9.78 Å². The van der Waals surface area contributed by atoms with Crippen LogP contribution in [0.4, 0.5) is 0 Å². The van der Waals surface area contributed by atoms with Gasteiger partial charge in [-0.05, 0) is 36.6 Å². The molecule has 2 aromatic heterocycles. The van der Waals surface area contributed by atoms with Gasteiger partial charge in [0.25, 0.3) is 5.56 Å². The summed E-state index contributed by atoms with van der Waals surface area (Å²) in [5.41, 5.74) is 3.58. The third kappa shape index (κ3) is 5.85. The molecule has 7 heteroatoms. The van der Waals surface area contributed by atoms with Crippen molar-refractivity contribution >= 4 is 11.5 Å². The van der Waals surface area contributed by atoms with Gasteiger partial charge in [0, 0.05) is 37.0 Å². The molecule has 1 aromatic carbocycles. The summed E-state index contributed by atoms with van der Waals surface area (Å²) in [6.07, 6.45) is 12.4. The second kappa shape index (κ2) is 11.0. The SMILES string of the molecule is CNCc1ccc(C(=N)/C=C(\O)c2cncc(-c3ccc(=O)n(CCC4CCCC4)c3)n2)cc1. The van der Waals surface area contributed by atoms with Gasteiger partial charge in [0.15, 0.2) is 0 Å². The van der Waals surface area contributed by atoms with E-state index in [9.17, 15) is 9.90 Å². The molecule has 34 heavy (non-hydrogen) atoms. The minimum atomic E-state index is -0.131. The number of aromatic nitrogens is 3. The van der Waals surface area contributed by atoms with Crippen LogP contribution in [0, 0.1) is 11.3 Å². The van der Waals surface area contributed by atoms with E-state index in [2.05, 4.69) is 15.3 Å². The van der Waals surface area contributed by atoms with E-state index in [1.54, 1.807) is 22.9 Å². The summed E-state index contributed by atoms with van der Waals surface area (Å²) < 4.78 is 1.74. The Morgan fingerprint density at radius 1 is 1.18 bits per heavy atom. The van der Waals surface area contributed by atoms with E-state index >= 15 is 0 Å². The van der Waals surface area contributed by atoms with Crippen LogP contribution in [-0.2, 0) is 13.1 Å². The van der Waals surface area contributed by atoms with E-state index < -0.39 is 0 Å². The Balaban J connectivity index is 1.51. The minimum absolute atomic E-state index is 0.0252. The van der Waals surface area contributed by atoms with Gasteiger partial charge >= 0.3 is 0 Å². The number of allylic oxidation sites excluding steroid dienone is 1. The highest BCUT2D eigenvalue weighted by Crippen LogP contribution is 2.28. The Hall–Kier alpha value is -3.58. The number of benzene rings is 1. The van der Waals surface area contributed by atoms with Gasteiger partial charge in [0.2, 0.25) is 0 Å². The number of aliphatic hydroxyl groups excluding tert-OH is 1. The Morgan fingerprint density at radius 3 is 2.68 bits per heavy atom. The maximum Gasteiger partial charge on any atom is 0.250 e. The molecule has 176 valence electrons. The summed E-state index contributed by atoms with van der Waals surface area (Å²) in [5.74, 6) is 0.573. The van der Waals surface area contributed by atoms with Crippen molar-refractivity contribution < 1.29 is 5.11 Å². The molecule has 0 aliphatic heterocycles. The van der Waals surface area contributed by atoms with Crippen molar-refractivity contribution in [3.63, 3.8) is 0 Å². The number of hydrogen-bond donors (Lipinski definition) is 3. The van der Waals surface area contributed by atoms with Gasteiger partial charge in [-0.25, -0.2) is 4.98 Å². The highest BCUT2D eigenvalue weighted by atomic mass is 16.3. The molecular formula is C27H31N5O2. The number of nitrogens with one attached hydrogen (secondary N) is 2. The number of hydrogen-bond acceptors (Lipinski definition) is 6. The normalized spacial score (nSPS) is 14.4.